The van der Waals surface area contributed by atoms with E-state index in [4.69, 9.17) is 10.2 Å². The van der Waals surface area contributed by atoms with E-state index in [1.165, 1.54) is 0 Å². The first-order chi connectivity index (χ1) is 7.43. The fraction of sp³-hybridized carbons (Fsp3) is 0.500. The highest BCUT2D eigenvalue weighted by atomic mass is 31.1. The van der Waals surface area contributed by atoms with E-state index in [2.05, 4.69) is 9.05 Å². The fourth-order valence-electron chi connectivity index (χ4n) is 0.420. The topological polar surface area (TPSA) is 110 Å². The zero-order chi connectivity index (χ0) is 13.0. The molecule has 0 aromatic rings. The van der Waals surface area contributed by atoms with Crippen LogP contribution in [0.4, 0.5) is 0 Å². The zero-order valence-electron chi connectivity index (χ0n) is 9.00. The molecule has 0 amide bonds. The maximum atomic E-state index is 10.4. The number of carbonyl (C=O) groups is 2. The third kappa shape index (κ3) is 18.6. The smallest absolute Gasteiger partial charge is 0.328 e. The van der Waals surface area contributed by atoms with Gasteiger partial charge in [0.1, 0.15) is 0 Å². The summed E-state index contributed by atoms with van der Waals surface area (Å²) in [4.78, 5) is 19.1. The van der Waals surface area contributed by atoms with Crippen molar-refractivity contribution in [1.29, 1.82) is 0 Å². The molecule has 94 valence electrons. The van der Waals surface area contributed by atoms with E-state index in [1.807, 2.05) is 0 Å². The van der Waals surface area contributed by atoms with Crippen LogP contribution in [0, 0.1) is 0 Å². The van der Waals surface area contributed by atoms with E-state index in [1.54, 1.807) is 13.8 Å². The summed E-state index contributed by atoms with van der Waals surface area (Å²) < 4.78 is 19.6. The van der Waals surface area contributed by atoms with Crippen LogP contribution < -0.4 is 0 Å². The summed E-state index contributed by atoms with van der Waals surface area (Å²) in [6.07, 6.45) is 1.12. The van der Waals surface area contributed by atoms with Crippen LogP contribution in [0.3, 0.4) is 0 Å². The monoisotopic (exact) mass is 254 g/mol. The lowest BCUT2D eigenvalue weighted by Gasteiger charge is -1.97. The molecule has 0 unspecified atom stereocenters. The van der Waals surface area contributed by atoms with Crippen LogP contribution in [-0.4, -0.2) is 35.4 Å². The van der Waals surface area contributed by atoms with Crippen molar-refractivity contribution >= 4 is 20.2 Å². The molecule has 0 heterocycles. The molecule has 16 heavy (non-hydrogen) atoms. The van der Waals surface area contributed by atoms with Crippen LogP contribution >= 0.6 is 8.25 Å². The molecule has 7 nitrogen and oxygen atoms in total. The first-order valence-corrected chi connectivity index (χ1v) is 5.59. The van der Waals surface area contributed by atoms with Crippen molar-refractivity contribution in [3.05, 3.63) is 12.2 Å². The van der Waals surface area contributed by atoms with Gasteiger partial charge in [-0.15, -0.1) is 0 Å². The van der Waals surface area contributed by atoms with Gasteiger partial charge in [0.25, 0.3) is 0 Å². The number of carboxylic acids is 2. The van der Waals surface area contributed by atoms with Gasteiger partial charge in [0.15, 0.2) is 0 Å². The SMILES string of the molecule is CCO[PH](=O)OCC.O=C(O)/C=C\C(=O)O. The van der Waals surface area contributed by atoms with Gasteiger partial charge < -0.3 is 19.3 Å². The summed E-state index contributed by atoms with van der Waals surface area (Å²) in [7, 11) is -2.14. The molecule has 0 rings (SSSR count). The number of aliphatic carboxylic acids is 2. The lowest BCUT2D eigenvalue weighted by atomic mass is 10.5. The van der Waals surface area contributed by atoms with E-state index in [9.17, 15) is 14.2 Å². The van der Waals surface area contributed by atoms with E-state index >= 15 is 0 Å². The Bertz CT molecular complexity index is 237. The van der Waals surface area contributed by atoms with Crippen molar-refractivity contribution in [3.8, 4) is 0 Å². The second-order valence-corrected chi connectivity index (χ2v) is 3.20. The largest absolute Gasteiger partial charge is 0.478 e. The summed E-state index contributed by atoms with van der Waals surface area (Å²) in [5.74, 6) is -2.51. The summed E-state index contributed by atoms with van der Waals surface area (Å²) in [6.45, 7) is 4.47. The molecule has 0 aliphatic rings. The van der Waals surface area contributed by atoms with Gasteiger partial charge in [-0.2, -0.15) is 0 Å². The maximum Gasteiger partial charge on any atom is 0.328 e. The Balaban J connectivity index is 0. The number of hydrogen-bond acceptors (Lipinski definition) is 5. The summed E-state index contributed by atoms with van der Waals surface area (Å²) >= 11 is 0. The Morgan fingerprint density at radius 1 is 1.06 bits per heavy atom. The highest BCUT2D eigenvalue weighted by Crippen LogP contribution is 2.21. The molecule has 0 aromatic heterocycles. The third-order valence-electron chi connectivity index (χ3n) is 0.893. The van der Waals surface area contributed by atoms with Gasteiger partial charge in [0.2, 0.25) is 0 Å². The summed E-state index contributed by atoms with van der Waals surface area (Å²) in [6, 6.07) is 0. The molecular formula is C8H15O7P. The Kier molecular flexibility index (Phi) is 12.8. The number of carboxylic acid groups (broad SMARTS) is 2. The average molecular weight is 254 g/mol. The standard InChI is InChI=1S/C4H4O4.C4H11O3P/c5-3(6)1-2-4(7)8;1-3-6-8(5)7-4-2/h1-2H,(H,5,6)(H,7,8);8H,3-4H2,1-2H3/b2-1-;. The number of rotatable bonds is 6. The van der Waals surface area contributed by atoms with E-state index in [-0.39, 0.29) is 0 Å². The van der Waals surface area contributed by atoms with Gasteiger partial charge >= 0.3 is 20.2 Å². The first kappa shape index (κ1) is 17.2. The van der Waals surface area contributed by atoms with Crippen molar-refractivity contribution in [1.82, 2.24) is 0 Å². The van der Waals surface area contributed by atoms with Crippen LogP contribution in [0.2, 0.25) is 0 Å². The molecule has 2 N–H and O–H groups in total. The highest BCUT2D eigenvalue weighted by Gasteiger charge is 1.91. The van der Waals surface area contributed by atoms with Crippen molar-refractivity contribution in [3.63, 3.8) is 0 Å². The normalized spacial score (nSPS) is 9.94. The predicted octanol–water partition coefficient (Wildman–Crippen LogP) is 1.16. The van der Waals surface area contributed by atoms with E-state index < -0.39 is 20.2 Å². The molecule has 0 aromatic carbocycles. The summed E-state index contributed by atoms with van der Waals surface area (Å²) in [5, 5.41) is 15.6. The molecule has 0 saturated carbocycles. The average Bonchev–Trinajstić information content (AvgIpc) is 2.16. The molecule has 0 aliphatic heterocycles. The molecule has 0 atom stereocenters. The van der Waals surface area contributed by atoms with E-state index in [0.29, 0.717) is 25.4 Å². The van der Waals surface area contributed by atoms with Gasteiger partial charge in [-0.25, -0.2) is 9.59 Å². The van der Waals surface area contributed by atoms with Crippen LogP contribution in [0.5, 0.6) is 0 Å². The van der Waals surface area contributed by atoms with Gasteiger partial charge in [0, 0.05) is 12.2 Å². The van der Waals surface area contributed by atoms with Crippen LogP contribution in [0.15, 0.2) is 12.2 Å². The van der Waals surface area contributed by atoms with E-state index in [0.717, 1.165) is 0 Å². The second-order valence-electron chi connectivity index (χ2n) is 2.13. The van der Waals surface area contributed by atoms with Crippen molar-refractivity contribution in [2.75, 3.05) is 13.2 Å². The van der Waals surface area contributed by atoms with Crippen molar-refractivity contribution < 1.29 is 33.4 Å². The molecule has 0 aliphatic carbocycles. The van der Waals surface area contributed by atoms with Gasteiger partial charge in [-0.3, -0.25) is 4.57 Å². The van der Waals surface area contributed by atoms with Crippen LogP contribution in [-0.2, 0) is 23.2 Å². The van der Waals surface area contributed by atoms with Gasteiger partial charge in [0.05, 0.1) is 13.2 Å². The highest BCUT2D eigenvalue weighted by molar-refractivity contribution is 7.33. The molecule has 0 radical (unpaired) electrons. The quantitative estimate of drug-likeness (QED) is 0.540. The summed E-state index contributed by atoms with van der Waals surface area (Å²) in [5.41, 5.74) is 0. The second kappa shape index (κ2) is 11.9. The molecule has 0 spiro atoms. The maximum absolute atomic E-state index is 10.4. The Morgan fingerprint density at radius 3 is 1.56 bits per heavy atom. The Labute approximate surface area is 93.6 Å². The van der Waals surface area contributed by atoms with Crippen LogP contribution in [0.1, 0.15) is 13.8 Å². The van der Waals surface area contributed by atoms with Crippen LogP contribution in [0.25, 0.3) is 0 Å². The molecule has 0 bridgehead atoms. The van der Waals surface area contributed by atoms with Crippen molar-refractivity contribution in [2.24, 2.45) is 0 Å². The first-order valence-electron chi connectivity index (χ1n) is 4.37. The zero-order valence-corrected chi connectivity index (χ0v) is 10.0. The minimum atomic E-state index is -2.14. The Morgan fingerprint density at radius 2 is 1.38 bits per heavy atom. The molecular weight excluding hydrogens is 239 g/mol. The molecule has 0 fully saturated rings. The van der Waals surface area contributed by atoms with Gasteiger partial charge in [-0.1, -0.05) is 0 Å². The third-order valence-corrected chi connectivity index (χ3v) is 1.94. The molecule has 8 heteroatoms. The van der Waals surface area contributed by atoms with Crippen molar-refractivity contribution in [2.45, 2.75) is 13.8 Å². The predicted molar refractivity (Wildman–Crippen MR) is 56.7 cm³/mol. The fourth-order valence-corrected chi connectivity index (χ4v) is 0.975. The minimum Gasteiger partial charge on any atom is -0.478 e. The Hall–Kier alpha value is -1.17. The molecule has 0 saturated heterocycles. The lowest BCUT2D eigenvalue weighted by molar-refractivity contribution is -0.134. The minimum absolute atomic E-state index is 0.456. The lowest BCUT2D eigenvalue weighted by Crippen LogP contribution is -1.91. The number of hydrogen-bond donors (Lipinski definition) is 2. The van der Waals surface area contributed by atoms with Gasteiger partial charge in [-0.05, 0) is 13.8 Å².